The Morgan fingerprint density at radius 3 is 2.60 bits per heavy atom. The quantitative estimate of drug-likeness (QED) is 0.321. The number of aliphatic imine (C=N–C) groups is 1. The first kappa shape index (κ1) is 8.94. The molecule has 0 N–H and O–H groups in total. The molecule has 0 amide bonds. The van der Waals surface area contributed by atoms with Crippen LogP contribution < -0.4 is 0 Å². The van der Waals surface area contributed by atoms with Crippen LogP contribution in [0, 0.1) is 0 Å². The molecule has 0 aliphatic heterocycles. The van der Waals surface area contributed by atoms with E-state index in [0.29, 0.717) is 5.90 Å². The van der Waals surface area contributed by atoms with Gasteiger partial charge in [0.05, 0.1) is 7.11 Å². The summed E-state index contributed by atoms with van der Waals surface area (Å²) in [7, 11) is 5.05. The number of hydrogen-bond donors (Lipinski definition) is 0. The molecule has 0 atom stereocenters. The average molecular weight is 143 g/mol. The second-order valence-corrected chi connectivity index (χ2v) is 1.77. The van der Waals surface area contributed by atoms with Crippen LogP contribution in [0.2, 0.25) is 0 Å². The molecule has 0 aliphatic carbocycles. The van der Waals surface area contributed by atoms with Crippen molar-refractivity contribution < 1.29 is 4.74 Å². The molecular formula is C6H13N3O. The Hall–Kier alpha value is -1.06. The molecule has 0 bridgehead atoms. The summed E-state index contributed by atoms with van der Waals surface area (Å²) in [5, 5.41) is 5.55. The van der Waals surface area contributed by atoms with Gasteiger partial charge in [0, 0.05) is 21.0 Å². The number of rotatable bonds is 2. The maximum atomic E-state index is 4.81. The molecule has 0 saturated heterocycles. The first-order valence-electron chi connectivity index (χ1n) is 2.95. The van der Waals surface area contributed by atoms with Crippen molar-refractivity contribution in [1.29, 1.82) is 0 Å². The summed E-state index contributed by atoms with van der Waals surface area (Å²) in [6, 6.07) is 0. The largest absolute Gasteiger partial charge is 0.483 e. The van der Waals surface area contributed by atoms with Crippen LogP contribution in [0.3, 0.4) is 0 Å². The Balaban J connectivity index is 3.86. The predicted molar refractivity (Wildman–Crippen MR) is 42.3 cm³/mol. The van der Waals surface area contributed by atoms with Crippen LogP contribution in [0.15, 0.2) is 10.1 Å². The van der Waals surface area contributed by atoms with E-state index < -0.39 is 0 Å². The summed E-state index contributed by atoms with van der Waals surface area (Å²) in [4.78, 5) is 3.76. The van der Waals surface area contributed by atoms with E-state index in [1.165, 1.54) is 0 Å². The van der Waals surface area contributed by atoms with E-state index in [1.807, 2.05) is 0 Å². The van der Waals surface area contributed by atoms with Gasteiger partial charge in [-0.2, -0.15) is 0 Å². The normalized spacial score (nSPS) is 12.2. The fourth-order valence-corrected chi connectivity index (χ4v) is 0.456. The molecule has 4 nitrogen and oxygen atoms in total. The van der Waals surface area contributed by atoms with E-state index in [2.05, 4.69) is 10.1 Å². The number of hydrazone groups is 1. The Labute approximate surface area is 61.2 Å². The number of methoxy groups -OCH3 is 1. The maximum Gasteiger partial charge on any atom is 0.202 e. The third-order valence-corrected chi connectivity index (χ3v) is 0.877. The topological polar surface area (TPSA) is 37.2 Å². The van der Waals surface area contributed by atoms with E-state index in [4.69, 9.17) is 4.74 Å². The van der Waals surface area contributed by atoms with Crippen molar-refractivity contribution in [3.8, 4) is 0 Å². The van der Waals surface area contributed by atoms with Crippen LogP contribution in [-0.4, -0.2) is 38.5 Å². The maximum absolute atomic E-state index is 4.81. The lowest BCUT2D eigenvalue weighted by Gasteiger charge is -2.05. The Bertz CT molecular complexity index is 142. The highest BCUT2D eigenvalue weighted by Crippen LogP contribution is 1.82. The van der Waals surface area contributed by atoms with Gasteiger partial charge in [-0.15, -0.1) is 5.10 Å². The summed E-state index contributed by atoms with van der Waals surface area (Å²) in [5.41, 5.74) is 0. The lowest BCUT2D eigenvalue weighted by Crippen LogP contribution is -2.11. The number of hydrogen-bond acceptors (Lipinski definition) is 3. The zero-order valence-corrected chi connectivity index (χ0v) is 6.83. The number of ether oxygens (including phenoxy) is 1. The molecular weight excluding hydrogens is 130 g/mol. The first-order valence-corrected chi connectivity index (χ1v) is 2.95. The molecule has 58 valence electrons. The van der Waals surface area contributed by atoms with Crippen molar-refractivity contribution in [2.24, 2.45) is 10.1 Å². The fourth-order valence-electron chi connectivity index (χ4n) is 0.456. The van der Waals surface area contributed by atoms with Gasteiger partial charge in [0.15, 0.2) is 0 Å². The minimum Gasteiger partial charge on any atom is -0.483 e. The molecule has 0 aliphatic rings. The highest BCUT2D eigenvalue weighted by Gasteiger charge is 1.87. The van der Waals surface area contributed by atoms with Gasteiger partial charge in [-0.3, -0.25) is 10.0 Å². The van der Waals surface area contributed by atoms with Crippen LogP contribution in [0.4, 0.5) is 0 Å². The van der Waals surface area contributed by atoms with Crippen molar-refractivity contribution in [2.75, 3.05) is 21.2 Å². The van der Waals surface area contributed by atoms with Gasteiger partial charge in [0.1, 0.15) is 6.34 Å². The van der Waals surface area contributed by atoms with Crippen LogP contribution in [0.25, 0.3) is 0 Å². The van der Waals surface area contributed by atoms with E-state index in [1.54, 1.807) is 39.5 Å². The van der Waals surface area contributed by atoms with Gasteiger partial charge in [-0.1, -0.05) is 0 Å². The highest BCUT2D eigenvalue weighted by molar-refractivity contribution is 5.73. The van der Waals surface area contributed by atoms with E-state index in [-0.39, 0.29) is 0 Å². The number of nitrogens with zero attached hydrogens (tertiary/aromatic N) is 3. The van der Waals surface area contributed by atoms with Crippen molar-refractivity contribution in [3.63, 3.8) is 0 Å². The van der Waals surface area contributed by atoms with E-state index in [9.17, 15) is 0 Å². The summed E-state index contributed by atoms with van der Waals surface area (Å²) in [6.07, 6.45) is 1.60. The van der Waals surface area contributed by atoms with Crippen LogP contribution >= 0.6 is 0 Å². The van der Waals surface area contributed by atoms with Gasteiger partial charge in [0.25, 0.3) is 0 Å². The Morgan fingerprint density at radius 1 is 1.60 bits per heavy atom. The Kier molecular flexibility index (Phi) is 4.28. The molecule has 0 heterocycles. The zero-order valence-electron chi connectivity index (χ0n) is 6.83. The molecule has 0 aromatic rings. The third-order valence-electron chi connectivity index (χ3n) is 0.877. The highest BCUT2D eigenvalue weighted by atomic mass is 16.5. The van der Waals surface area contributed by atoms with E-state index >= 15 is 0 Å². The van der Waals surface area contributed by atoms with Crippen molar-refractivity contribution >= 4 is 12.2 Å². The molecule has 0 rings (SSSR count). The van der Waals surface area contributed by atoms with Gasteiger partial charge in [0.2, 0.25) is 5.90 Å². The molecule has 10 heavy (non-hydrogen) atoms. The van der Waals surface area contributed by atoms with Crippen molar-refractivity contribution in [1.82, 2.24) is 5.01 Å². The summed E-state index contributed by atoms with van der Waals surface area (Å²) in [6.45, 7) is 1.78. The zero-order chi connectivity index (χ0) is 7.98. The minimum absolute atomic E-state index is 0.613. The summed E-state index contributed by atoms with van der Waals surface area (Å²) >= 11 is 0. The van der Waals surface area contributed by atoms with Crippen molar-refractivity contribution in [3.05, 3.63) is 0 Å². The summed E-state index contributed by atoms with van der Waals surface area (Å²) in [5.74, 6) is 0.613. The molecule has 0 saturated carbocycles. The SMILES string of the molecule is CN=CN(C)/N=C(\C)OC. The molecule has 0 unspecified atom stereocenters. The predicted octanol–water partition coefficient (Wildman–Crippen LogP) is 0.556. The van der Waals surface area contributed by atoms with Gasteiger partial charge < -0.3 is 4.74 Å². The van der Waals surface area contributed by atoms with Gasteiger partial charge >= 0.3 is 0 Å². The second kappa shape index (κ2) is 4.78. The standard InChI is InChI=1S/C6H13N3O/c1-6(10-4)8-9(3)5-7-2/h5H,1-4H3/b7-5?,8-6+. The first-order chi connectivity index (χ1) is 4.70. The molecule has 0 spiro atoms. The van der Waals surface area contributed by atoms with Crippen molar-refractivity contribution in [2.45, 2.75) is 6.92 Å². The van der Waals surface area contributed by atoms with Crippen LogP contribution in [0.5, 0.6) is 0 Å². The Morgan fingerprint density at radius 2 is 2.20 bits per heavy atom. The van der Waals surface area contributed by atoms with E-state index in [0.717, 1.165) is 0 Å². The van der Waals surface area contributed by atoms with Crippen LogP contribution in [-0.2, 0) is 4.74 Å². The minimum atomic E-state index is 0.613. The van der Waals surface area contributed by atoms with Crippen LogP contribution in [0.1, 0.15) is 6.92 Å². The smallest absolute Gasteiger partial charge is 0.202 e. The van der Waals surface area contributed by atoms with Gasteiger partial charge in [-0.25, -0.2) is 0 Å². The average Bonchev–Trinajstić information content (AvgIpc) is 1.88. The lowest BCUT2D eigenvalue weighted by molar-refractivity contribution is 0.381. The summed E-state index contributed by atoms with van der Waals surface area (Å²) < 4.78 is 4.81. The second-order valence-electron chi connectivity index (χ2n) is 1.77. The lowest BCUT2D eigenvalue weighted by atomic mass is 10.8. The fraction of sp³-hybridized carbons (Fsp3) is 0.667. The molecule has 0 fully saturated rings. The molecule has 0 aromatic heterocycles. The molecule has 0 radical (unpaired) electrons. The monoisotopic (exact) mass is 143 g/mol. The molecule has 0 aromatic carbocycles. The molecule has 4 heteroatoms. The van der Waals surface area contributed by atoms with Gasteiger partial charge in [-0.05, 0) is 0 Å². The third kappa shape index (κ3) is 3.88.